The lowest BCUT2D eigenvalue weighted by Crippen LogP contribution is -2.32. The lowest BCUT2D eigenvalue weighted by molar-refractivity contribution is -0.143. The Labute approximate surface area is 112 Å². The molecule has 0 radical (unpaired) electrons. The Morgan fingerprint density at radius 1 is 1.26 bits per heavy atom. The maximum absolute atomic E-state index is 11.6. The first-order valence-corrected chi connectivity index (χ1v) is 6.06. The molecule has 1 N–H and O–H groups in total. The summed E-state index contributed by atoms with van der Waals surface area (Å²) in [6, 6.07) is 5.84. The van der Waals surface area contributed by atoms with E-state index in [9.17, 15) is 9.59 Å². The molecule has 0 aromatic heterocycles. The van der Waals surface area contributed by atoms with E-state index in [1.165, 1.54) is 11.9 Å². The van der Waals surface area contributed by atoms with Crippen LogP contribution in [0.4, 0.5) is 0 Å². The highest BCUT2D eigenvalue weighted by Gasteiger charge is 2.12. The summed E-state index contributed by atoms with van der Waals surface area (Å²) in [6.45, 7) is 3.85. The molecule has 0 bridgehead atoms. The van der Waals surface area contributed by atoms with E-state index in [0.717, 1.165) is 16.9 Å². The number of aliphatic carboxylic acids is 1. The number of aryl methyl sites for hydroxylation is 2. The third-order valence-electron chi connectivity index (χ3n) is 2.77. The Bertz CT molecular complexity index is 450. The highest BCUT2D eigenvalue weighted by atomic mass is 16.5. The molecule has 0 atom stereocenters. The highest BCUT2D eigenvalue weighted by molar-refractivity contribution is 5.81. The molecular weight excluding hydrogens is 246 g/mol. The van der Waals surface area contributed by atoms with Gasteiger partial charge in [-0.15, -0.1) is 0 Å². The van der Waals surface area contributed by atoms with Crippen LogP contribution >= 0.6 is 0 Å². The Morgan fingerprint density at radius 2 is 1.84 bits per heavy atom. The van der Waals surface area contributed by atoms with Crippen LogP contribution in [0.15, 0.2) is 18.2 Å². The number of benzene rings is 1. The van der Waals surface area contributed by atoms with Crippen molar-refractivity contribution in [2.45, 2.75) is 20.3 Å². The van der Waals surface area contributed by atoms with E-state index in [4.69, 9.17) is 9.84 Å². The fraction of sp³-hybridized carbons (Fsp3) is 0.429. The van der Waals surface area contributed by atoms with Gasteiger partial charge in [-0.3, -0.25) is 9.59 Å². The molecule has 0 aliphatic heterocycles. The molecule has 1 amide bonds. The van der Waals surface area contributed by atoms with Crippen molar-refractivity contribution in [1.29, 1.82) is 0 Å². The fourth-order valence-corrected chi connectivity index (χ4v) is 1.75. The van der Waals surface area contributed by atoms with Crippen LogP contribution in [-0.2, 0) is 9.59 Å². The number of carbonyl (C=O) groups is 2. The molecule has 5 nitrogen and oxygen atoms in total. The number of carbonyl (C=O) groups excluding carboxylic acids is 1. The van der Waals surface area contributed by atoms with Crippen molar-refractivity contribution in [3.8, 4) is 5.75 Å². The Hall–Kier alpha value is -2.04. The average molecular weight is 265 g/mol. The minimum absolute atomic E-state index is 0.164. The maximum Gasteiger partial charge on any atom is 0.323 e. The normalized spacial score (nSPS) is 10.1. The molecule has 0 saturated carbocycles. The minimum atomic E-state index is -1.02. The summed E-state index contributed by atoms with van der Waals surface area (Å²) in [6.07, 6.45) is 0.164. The number of hydrogen-bond acceptors (Lipinski definition) is 3. The summed E-state index contributed by atoms with van der Waals surface area (Å²) >= 11 is 0. The second kappa shape index (κ2) is 6.78. The first kappa shape index (κ1) is 15.0. The second-order valence-corrected chi connectivity index (χ2v) is 4.46. The summed E-state index contributed by atoms with van der Waals surface area (Å²) in [5, 5.41) is 8.58. The molecule has 1 aromatic carbocycles. The van der Waals surface area contributed by atoms with Gasteiger partial charge in [-0.05, 0) is 25.0 Å². The zero-order chi connectivity index (χ0) is 14.4. The molecule has 0 heterocycles. The Balaban J connectivity index is 2.46. The van der Waals surface area contributed by atoms with E-state index in [1.807, 2.05) is 32.0 Å². The maximum atomic E-state index is 11.6. The van der Waals surface area contributed by atoms with Crippen LogP contribution in [-0.4, -0.2) is 42.1 Å². The zero-order valence-electron chi connectivity index (χ0n) is 11.5. The molecular formula is C14H19NO4. The summed E-state index contributed by atoms with van der Waals surface area (Å²) in [5.41, 5.74) is 2.04. The number of para-hydroxylation sites is 1. The van der Waals surface area contributed by atoms with Crippen LogP contribution in [0.1, 0.15) is 17.5 Å². The van der Waals surface area contributed by atoms with E-state index < -0.39 is 5.97 Å². The van der Waals surface area contributed by atoms with Crippen LogP contribution in [0.5, 0.6) is 5.75 Å². The standard InChI is InChI=1S/C14H19NO4/c1-10-5-4-6-11(2)14(10)19-8-7-12(16)15(3)9-13(17)18/h4-6H,7-9H2,1-3H3,(H,17,18). The summed E-state index contributed by atoms with van der Waals surface area (Å²) < 4.78 is 5.60. The predicted molar refractivity (Wildman–Crippen MR) is 71.3 cm³/mol. The van der Waals surface area contributed by atoms with E-state index in [-0.39, 0.29) is 25.5 Å². The van der Waals surface area contributed by atoms with E-state index in [0.29, 0.717) is 0 Å². The minimum Gasteiger partial charge on any atom is -0.493 e. The monoisotopic (exact) mass is 265 g/mol. The van der Waals surface area contributed by atoms with Gasteiger partial charge in [0.2, 0.25) is 5.91 Å². The van der Waals surface area contributed by atoms with Crippen molar-refractivity contribution < 1.29 is 19.4 Å². The second-order valence-electron chi connectivity index (χ2n) is 4.46. The molecule has 19 heavy (non-hydrogen) atoms. The molecule has 1 rings (SSSR count). The van der Waals surface area contributed by atoms with Crippen LogP contribution < -0.4 is 4.74 Å². The van der Waals surface area contributed by atoms with Gasteiger partial charge in [0.1, 0.15) is 12.3 Å². The van der Waals surface area contributed by atoms with Crippen molar-refractivity contribution in [2.24, 2.45) is 0 Å². The van der Waals surface area contributed by atoms with Crippen LogP contribution in [0.25, 0.3) is 0 Å². The first-order chi connectivity index (χ1) is 8.91. The van der Waals surface area contributed by atoms with Crippen molar-refractivity contribution >= 4 is 11.9 Å². The SMILES string of the molecule is Cc1cccc(C)c1OCCC(=O)N(C)CC(=O)O. The van der Waals surface area contributed by atoms with Gasteiger partial charge in [-0.2, -0.15) is 0 Å². The third-order valence-corrected chi connectivity index (χ3v) is 2.77. The third kappa shape index (κ3) is 4.62. The van der Waals surface area contributed by atoms with Crippen LogP contribution in [0.2, 0.25) is 0 Å². The number of hydrogen-bond donors (Lipinski definition) is 1. The summed E-state index contributed by atoms with van der Waals surface area (Å²) in [4.78, 5) is 23.3. The lowest BCUT2D eigenvalue weighted by atomic mass is 10.1. The number of carboxylic acid groups (broad SMARTS) is 1. The molecule has 0 saturated heterocycles. The highest BCUT2D eigenvalue weighted by Crippen LogP contribution is 2.22. The molecule has 0 aliphatic rings. The smallest absolute Gasteiger partial charge is 0.323 e. The van der Waals surface area contributed by atoms with Crippen molar-refractivity contribution in [2.75, 3.05) is 20.2 Å². The number of carboxylic acids is 1. The number of likely N-dealkylation sites (N-methyl/N-ethyl adjacent to an activating group) is 1. The number of ether oxygens (including phenoxy) is 1. The number of amides is 1. The zero-order valence-corrected chi connectivity index (χ0v) is 11.5. The van der Waals surface area contributed by atoms with Gasteiger partial charge in [0.15, 0.2) is 0 Å². The van der Waals surface area contributed by atoms with Gasteiger partial charge in [0.25, 0.3) is 0 Å². The molecule has 0 unspecified atom stereocenters. The number of rotatable bonds is 6. The van der Waals surface area contributed by atoms with Crippen LogP contribution in [0, 0.1) is 13.8 Å². The van der Waals surface area contributed by atoms with Gasteiger partial charge in [-0.25, -0.2) is 0 Å². The molecule has 0 spiro atoms. The van der Waals surface area contributed by atoms with E-state index >= 15 is 0 Å². The quantitative estimate of drug-likeness (QED) is 0.848. The first-order valence-electron chi connectivity index (χ1n) is 6.06. The predicted octanol–water partition coefficient (Wildman–Crippen LogP) is 1.62. The Morgan fingerprint density at radius 3 is 2.37 bits per heavy atom. The largest absolute Gasteiger partial charge is 0.493 e. The van der Waals surface area contributed by atoms with Gasteiger partial charge in [-0.1, -0.05) is 18.2 Å². The van der Waals surface area contributed by atoms with Crippen LogP contribution in [0.3, 0.4) is 0 Å². The van der Waals surface area contributed by atoms with E-state index in [2.05, 4.69) is 0 Å². The Kier molecular flexibility index (Phi) is 5.36. The van der Waals surface area contributed by atoms with Gasteiger partial charge < -0.3 is 14.7 Å². The molecule has 0 fully saturated rings. The number of nitrogens with zero attached hydrogens (tertiary/aromatic N) is 1. The van der Waals surface area contributed by atoms with E-state index in [1.54, 1.807) is 0 Å². The van der Waals surface area contributed by atoms with Crippen molar-refractivity contribution in [3.63, 3.8) is 0 Å². The summed E-state index contributed by atoms with van der Waals surface area (Å²) in [7, 11) is 1.47. The molecule has 1 aromatic rings. The van der Waals surface area contributed by atoms with Gasteiger partial charge in [0, 0.05) is 7.05 Å². The van der Waals surface area contributed by atoms with Crippen molar-refractivity contribution in [3.05, 3.63) is 29.3 Å². The van der Waals surface area contributed by atoms with Crippen molar-refractivity contribution in [1.82, 2.24) is 4.90 Å². The lowest BCUT2D eigenvalue weighted by Gasteiger charge is -2.16. The molecule has 0 aliphatic carbocycles. The molecule has 5 heteroatoms. The fourth-order valence-electron chi connectivity index (χ4n) is 1.75. The van der Waals surface area contributed by atoms with Gasteiger partial charge in [0.05, 0.1) is 13.0 Å². The topological polar surface area (TPSA) is 66.8 Å². The van der Waals surface area contributed by atoms with Gasteiger partial charge >= 0.3 is 5.97 Å². The molecule has 104 valence electrons. The average Bonchev–Trinajstić information content (AvgIpc) is 2.31. The summed E-state index contributed by atoms with van der Waals surface area (Å²) in [5.74, 6) is -0.476.